The first kappa shape index (κ1) is 19.3. The van der Waals surface area contributed by atoms with Gasteiger partial charge in [-0.1, -0.05) is 0 Å². The first-order valence-electron chi connectivity index (χ1n) is 9.25. The topological polar surface area (TPSA) is 77.8 Å². The molecule has 30 heavy (non-hydrogen) atoms. The number of carbonyl (C=O) groups excluding carboxylic acids is 1. The van der Waals surface area contributed by atoms with Crippen molar-refractivity contribution in [3.63, 3.8) is 0 Å². The molecule has 0 aliphatic carbocycles. The van der Waals surface area contributed by atoms with E-state index in [2.05, 4.69) is 5.32 Å². The molecule has 6 nitrogen and oxygen atoms in total. The number of carbonyl (C=O) groups is 1. The normalized spacial score (nSPS) is 10.6. The minimum absolute atomic E-state index is 0.157. The SMILES string of the molecule is COc1ccc(C(=O)Nc2ccc3c(=O)cc(-c4ccc(OC)cc4)oc3c2)cc1. The molecule has 0 spiro atoms. The predicted octanol–water partition coefficient (Wildman–Crippen LogP) is 4.73. The second-order valence-electron chi connectivity index (χ2n) is 6.60. The van der Waals surface area contributed by atoms with Crippen molar-refractivity contribution in [3.8, 4) is 22.8 Å². The van der Waals surface area contributed by atoms with Crippen molar-refractivity contribution < 1.29 is 18.7 Å². The summed E-state index contributed by atoms with van der Waals surface area (Å²) in [4.78, 5) is 25.0. The van der Waals surface area contributed by atoms with E-state index in [4.69, 9.17) is 13.9 Å². The predicted molar refractivity (Wildman–Crippen MR) is 115 cm³/mol. The zero-order valence-corrected chi connectivity index (χ0v) is 16.5. The smallest absolute Gasteiger partial charge is 0.255 e. The fourth-order valence-electron chi connectivity index (χ4n) is 3.08. The molecule has 0 aliphatic rings. The van der Waals surface area contributed by atoms with Gasteiger partial charge in [0.05, 0.1) is 19.6 Å². The Morgan fingerprint density at radius 3 is 2.10 bits per heavy atom. The van der Waals surface area contributed by atoms with Gasteiger partial charge in [0, 0.05) is 28.9 Å². The fourth-order valence-corrected chi connectivity index (χ4v) is 3.08. The summed E-state index contributed by atoms with van der Waals surface area (Å²) < 4.78 is 16.2. The molecule has 0 unspecified atom stereocenters. The number of fused-ring (bicyclic) bond motifs is 1. The molecule has 0 fully saturated rings. The van der Waals surface area contributed by atoms with E-state index >= 15 is 0 Å². The lowest BCUT2D eigenvalue weighted by Crippen LogP contribution is -2.12. The molecule has 0 bridgehead atoms. The lowest BCUT2D eigenvalue weighted by molar-refractivity contribution is 0.102. The van der Waals surface area contributed by atoms with Gasteiger partial charge in [0.15, 0.2) is 5.43 Å². The van der Waals surface area contributed by atoms with Crippen molar-refractivity contribution in [1.82, 2.24) is 0 Å². The highest BCUT2D eigenvalue weighted by Crippen LogP contribution is 2.26. The van der Waals surface area contributed by atoms with Gasteiger partial charge in [-0.3, -0.25) is 9.59 Å². The minimum atomic E-state index is -0.273. The average molecular weight is 401 g/mol. The maximum Gasteiger partial charge on any atom is 0.255 e. The van der Waals surface area contributed by atoms with Gasteiger partial charge in [-0.05, 0) is 60.7 Å². The van der Waals surface area contributed by atoms with E-state index in [1.165, 1.54) is 6.07 Å². The molecule has 0 aliphatic heterocycles. The van der Waals surface area contributed by atoms with E-state index in [-0.39, 0.29) is 11.3 Å². The molecule has 4 rings (SSSR count). The van der Waals surface area contributed by atoms with E-state index in [0.29, 0.717) is 39.5 Å². The van der Waals surface area contributed by atoms with Gasteiger partial charge in [0.25, 0.3) is 5.91 Å². The summed E-state index contributed by atoms with van der Waals surface area (Å²) in [6.45, 7) is 0. The van der Waals surface area contributed by atoms with Crippen molar-refractivity contribution in [2.24, 2.45) is 0 Å². The molecule has 4 aromatic rings. The van der Waals surface area contributed by atoms with Crippen LogP contribution in [0.3, 0.4) is 0 Å². The third-order valence-electron chi connectivity index (χ3n) is 4.71. The van der Waals surface area contributed by atoms with Crippen LogP contribution in [0.2, 0.25) is 0 Å². The van der Waals surface area contributed by atoms with Gasteiger partial charge >= 0.3 is 0 Å². The summed E-state index contributed by atoms with van der Waals surface area (Å²) in [5, 5.41) is 3.26. The first-order chi connectivity index (χ1) is 14.6. The Kier molecular flexibility index (Phi) is 5.22. The lowest BCUT2D eigenvalue weighted by atomic mass is 10.1. The van der Waals surface area contributed by atoms with Gasteiger partial charge in [-0.2, -0.15) is 0 Å². The van der Waals surface area contributed by atoms with Gasteiger partial charge in [-0.25, -0.2) is 0 Å². The number of hydrogen-bond acceptors (Lipinski definition) is 5. The number of hydrogen-bond donors (Lipinski definition) is 1. The van der Waals surface area contributed by atoms with Crippen molar-refractivity contribution in [3.05, 3.63) is 88.6 Å². The summed E-state index contributed by atoms with van der Waals surface area (Å²) in [5.74, 6) is 1.55. The summed E-state index contributed by atoms with van der Waals surface area (Å²) in [5.41, 5.74) is 2.00. The zero-order chi connectivity index (χ0) is 21.1. The van der Waals surface area contributed by atoms with Crippen LogP contribution >= 0.6 is 0 Å². The Morgan fingerprint density at radius 1 is 0.833 bits per heavy atom. The molecule has 0 radical (unpaired) electrons. The largest absolute Gasteiger partial charge is 0.497 e. The van der Waals surface area contributed by atoms with Crippen LogP contribution in [0, 0.1) is 0 Å². The summed E-state index contributed by atoms with van der Waals surface area (Å²) in [6.07, 6.45) is 0. The molecule has 1 aromatic heterocycles. The van der Waals surface area contributed by atoms with Crippen LogP contribution in [0.5, 0.6) is 11.5 Å². The number of methoxy groups -OCH3 is 2. The molecule has 1 heterocycles. The van der Waals surface area contributed by atoms with Gasteiger partial charge < -0.3 is 19.2 Å². The van der Waals surface area contributed by atoms with E-state index < -0.39 is 0 Å². The summed E-state index contributed by atoms with van der Waals surface area (Å²) in [6, 6.07) is 20.4. The van der Waals surface area contributed by atoms with Crippen LogP contribution in [0.4, 0.5) is 5.69 Å². The van der Waals surface area contributed by atoms with E-state index in [0.717, 1.165) is 5.56 Å². The summed E-state index contributed by atoms with van der Waals surface area (Å²) >= 11 is 0. The van der Waals surface area contributed by atoms with E-state index in [1.807, 2.05) is 12.1 Å². The van der Waals surface area contributed by atoms with Crippen LogP contribution in [-0.4, -0.2) is 20.1 Å². The molecule has 150 valence electrons. The molecule has 6 heteroatoms. The van der Waals surface area contributed by atoms with Crippen LogP contribution < -0.4 is 20.2 Å². The van der Waals surface area contributed by atoms with E-state index in [9.17, 15) is 9.59 Å². The van der Waals surface area contributed by atoms with Crippen LogP contribution in [-0.2, 0) is 0 Å². The molecule has 0 saturated carbocycles. The number of amides is 1. The van der Waals surface area contributed by atoms with Gasteiger partial charge in [-0.15, -0.1) is 0 Å². The maximum absolute atomic E-state index is 12.5. The number of rotatable bonds is 5. The standard InChI is InChI=1S/C24H19NO5/c1-28-18-8-3-15(4-9-18)22-14-21(26)20-12-7-17(13-23(20)30-22)25-24(27)16-5-10-19(29-2)11-6-16/h3-14H,1-2H3,(H,25,27). The minimum Gasteiger partial charge on any atom is -0.497 e. The van der Waals surface area contributed by atoms with Gasteiger partial charge in [0.2, 0.25) is 0 Å². The monoisotopic (exact) mass is 401 g/mol. The Hall–Kier alpha value is -4.06. The highest BCUT2D eigenvalue weighted by molar-refractivity contribution is 6.05. The Balaban J connectivity index is 1.65. The quantitative estimate of drug-likeness (QED) is 0.523. The molecule has 1 amide bonds. The van der Waals surface area contributed by atoms with Crippen molar-refractivity contribution in [1.29, 1.82) is 0 Å². The Labute approximate surface area is 172 Å². The summed E-state index contributed by atoms with van der Waals surface area (Å²) in [7, 11) is 3.16. The highest BCUT2D eigenvalue weighted by Gasteiger charge is 2.11. The van der Waals surface area contributed by atoms with Crippen LogP contribution in [0.1, 0.15) is 10.4 Å². The van der Waals surface area contributed by atoms with E-state index in [1.54, 1.807) is 68.8 Å². The van der Waals surface area contributed by atoms with Crippen molar-refractivity contribution in [2.45, 2.75) is 0 Å². The first-order valence-corrected chi connectivity index (χ1v) is 9.25. The molecule has 0 saturated heterocycles. The second-order valence-corrected chi connectivity index (χ2v) is 6.60. The Bertz CT molecular complexity index is 1260. The molecular weight excluding hydrogens is 382 g/mol. The lowest BCUT2D eigenvalue weighted by Gasteiger charge is -2.08. The van der Waals surface area contributed by atoms with Crippen molar-refractivity contribution in [2.75, 3.05) is 19.5 Å². The number of nitrogens with one attached hydrogen (secondary N) is 1. The molecule has 3 aromatic carbocycles. The zero-order valence-electron chi connectivity index (χ0n) is 16.5. The third-order valence-corrected chi connectivity index (χ3v) is 4.71. The number of ether oxygens (including phenoxy) is 2. The number of anilines is 1. The average Bonchev–Trinajstić information content (AvgIpc) is 2.79. The molecule has 0 atom stereocenters. The van der Waals surface area contributed by atoms with Gasteiger partial charge in [0.1, 0.15) is 22.8 Å². The molecular formula is C24H19NO5. The van der Waals surface area contributed by atoms with Crippen LogP contribution in [0.25, 0.3) is 22.3 Å². The highest BCUT2D eigenvalue weighted by atomic mass is 16.5. The second kappa shape index (κ2) is 8.13. The molecule has 1 N–H and O–H groups in total. The third kappa shape index (κ3) is 3.89. The van der Waals surface area contributed by atoms with Crippen LogP contribution in [0.15, 0.2) is 82.0 Å². The Morgan fingerprint density at radius 2 is 1.47 bits per heavy atom. The number of benzene rings is 3. The maximum atomic E-state index is 12.5. The fraction of sp³-hybridized carbons (Fsp3) is 0.0833. The van der Waals surface area contributed by atoms with Crippen molar-refractivity contribution >= 4 is 22.6 Å².